The third-order valence-electron chi connectivity index (χ3n) is 3.75. The van der Waals surface area contributed by atoms with Crippen LogP contribution in [0.5, 0.6) is 5.75 Å². The van der Waals surface area contributed by atoms with E-state index in [1.807, 2.05) is 0 Å². The number of aliphatic hydroxyl groups is 1. The van der Waals surface area contributed by atoms with Gasteiger partial charge in [-0.15, -0.1) is 0 Å². The van der Waals surface area contributed by atoms with Crippen molar-refractivity contribution >= 4 is 5.91 Å². The van der Waals surface area contributed by atoms with E-state index in [4.69, 9.17) is 9.47 Å². The van der Waals surface area contributed by atoms with Crippen LogP contribution in [0.25, 0.3) is 0 Å². The number of hydrogen-bond donors (Lipinski definition) is 2. The molecule has 5 nitrogen and oxygen atoms in total. The van der Waals surface area contributed by atoms with E-state index in [1.165, 1.54) is 0 Å². The summed E-state index contributed by atoms with van der Waals surface area (Å²) in [6.07, 6.45) is 1.64. The summed E-state index contributed by atoms with van der Waals surface area (Å²) < 4.78 is 10.3. The summed E-state index contributed by atoms with van der Waals surface area (Å²) in [5.74, 6) is 0.432. The molecule has 20 heavy (non-hydrogen) atoms. The fraction of sp³-hybridized carbons (Fsp3) is 0.533. The maximum absolute atomic E-state index is 12.2. The van der Waals surface area contributed by atoms with Crippen LogP contribution in [-0.2, 0) is 4.74 Å². The molecule has 3 atom stereocenters. The molecule has 1 aromatic rings. The second-order valence-corrected chi connectivity index (χ2v) is 5.01. The molecule has 1 fully saturated rings. The van der Waals surface area contributed by atoms with Gasteiger partial charge >= 0.3 is 0 Å². The molecule has 1 aliphatic carbocycles. The molecule has 0 aromatic heterocycles. The van der Waals surface area contributed by atoms with Gasteiger partial charge < -0.3 is 19.9 Å². The number of hydrogen-bond acceptors (Lipinski definition) is 4. The van der Waals surface area contributed by atoms with E-state index < -0.39 is 6.10 Å². The number of carbonyl (C=O) groups is 1. The number of rotatable bonds is 4. The highest BCUT2D eigenvalue weighted by Gasteiger charge is 2.32. The molecule has 0 spiro atoms. The summed E-state index contributed by atoms with van der Waals surface area (Å²) in [6.45, 7) is 0. The number of aliphatic hydroxyl groups excluding tert-OH is 1. The van der Waals surface area contributed by atoms with Crippen molar-refractivity contribution in [2.75, 3.05) is 14.2 Å². The lowest BCUT2D eigenvalue weighted by molar-refractivity contribution is -0.0513. The Balaban J connectivity index is 2.03. The number of methoxy groups -OCH3 is 2. The summed E-state index contributed by atoms with van der Waals surface area (Å²) in [5, 5.41) is 13.0. The van der Waals surface area contributed by atoms with E-state index in [1.54, 1.807) is 38.5 Å². The summed E-state index contributed by atoms with van der Waals surface area (Å²) >= 11 is 0. The van der Waals surface area contributed by atoms with Gasteiger partial charge in [0, 0.05) is 12.7 Å². The molecule has 0 bridgehead atoms. The second-order valence-electron chi connectivity index (χ2n) is 5.01. The van der Waals surface area contributed by atoms with E-state index in [9.17, 15) is 9.90 Å². The highest BCUT2D eigenvalue weighted by atomic mass is 16.5. The third kappa shape index (κ3) is 3.29. The number of amides is 1. The highest BCUT2D eigenvalue weighted by molar-refractivity contribution is 5.94. The number of nitrogens with one attached hydrogen (secondary N) is 1. The zero-order chi connectivity index (χ0) is 14.5. The summed E-state index contributed by atoms with van der Waals surface area (Å²) in [6, 6.07) is 6.68. The van der Waals surface area contributed by atoms with E-state index in [0.717, 1.165) is 19.3 Å². The van der Waals surface area contributed by atoms with Crippen molar-refractivity contribution in [1.82, 2.24) is 5.32 Å². The Morgan fingerprint density at radius 3 is 2.85 bits per heavy atom. The van der Waals surface area contributed by atoms with Crippen LogP contribution >= 0.6 is 0 Å². The first-order valence-electron chi connectivity index (χ1n) is 6.81. The highest BCUT2D eigenvalue weighted by Crippen LogP contribution is 2.22. The van der Waals surface area contributed by atoms with Crippen LogP contribution in [0.15, 0.2) is 24.3 Å². The maximum Gasteiger partial charge on any atom is 0.251 e. The summed E-state index contributed by atoms with van der Waals surface area (Å²) in [7, 11) is 3.14. The van der Waals surface area contributed by atoms with E-state index in [-0.39, 0.29) is 18.1 Å². The van der Waals surface area contributed by atoms with Crippen molar-refractivity contribution in [2.24, 2.45) is 0 Å². The lowest BCUT2D eigenvalue weighted by Crippen LogP contribution is -2.51. The lowest BCUT2D eigenvalue weighted by atomic mass is 9.89. The van der Waals surface area contributed by atoms with Gasteiger partial charge in [0.15, 0.2) is 0 Å². The normalized spacial score (nSPS) is 26.1. The average Bonchev–Trinajstić information content (AvgIpc) is 2.49. The molecule has 0 unspecified atom stereocenters. The minimum atomic E-state index is -0.664. The van der Waals surface area contributed by atoms with Crippen molar-refractivity contribution in [2.45, 2.75) is 37.5 Å². The van der Waals surface area contributed by atoms with Crippen LogP contribution in [-0.4, -0.2) is 43.5 Å². The van der Waals surface area contributed by atoms with Gasteiger partial charge in [0.2, 0.25) is 0 Å². The molecule has 2 N–H and O–H groups in total. The van der Waals surface area contributed by atoms with Gasteiger partial charge in [-0.3, -0.25) is 4.79 Å². The Hall–Kier alpha value is -1.59. The number of benzene rings is 1. The topological polar surface area (TPSA) is 67.8 Å². The molecular formula is C15H21NO4. The standard InChI is InChI=1S/C15H21NO4/c1-19-11-6-3-5-10(9-11)15(18)16-12-7-4-8-13(20-2)14(12)17/h3,5-6,9,12-14,17H,4,7-8H2,1-2H3,(H,16,18)/t12-,13-,14-/m1/s1. The van der Waals surface area contributed by atoms with Gasteiger partial charge in [-0.25, -0.2) is 0 Å². The quantitative estimate of drug-likeness (QED) is 0.873. The van der Waals surface area contributed by atoms with Crippen molar-refractivity contribution in [3.8, 4) is 5.75 Å². The second kappa shape index (κ2) is 6.72. The Kier molecular flexibility index (Phi) is 4.98. The predicted octanol–water partition coefficient (Wildman–Crippen LogP) is 1.35. The predicted molar refractivity (Wildman–Crippen MR) is 74.9 cm³/mol. The van der Waals surface area contributed by atoms with E-state index >= 15 is 0 Å². The van der Waals surface area contributed by atoms with Crippen LogP contribution in [0.4, 0.5) is 0 Å². The molecule has 1 aromatic carbocycles. The van der Waals surface area contributed by atoms with Crippen LogP contribution < -0.4 is 10.1 Å². The molecule has 5 heteroatoms. The monoisotopic (exact) mass is 279 g/mol. The van der Waals surface area contributed by atoms with Gasteiger partial charge in [-0.05, 0) is 37.5 Å². The fourth-order valence-electron chi connectivity index (χ4n) is 2.57. The number of carbonyl (C=O) groups excluding carboxylic acids is 1. The SMILES string of the molecule is COc1cccc(C(=O)N[C@@H]2CCC[C@@H](OC)[C@@H]2O)c1. The van der Waals surface area contributed by atoms with Crippen LogP contribution in [0.3, 0.4) is 0 Å². The average molecular weight is 279 g/mol. The zero-order valence-electron chi connectivity index (χ0n) is 11.8. The van der Waals surface area contributed by atoms with Crippen molar-refractivity contribution < 1.29 is 19.4 Å². The minimum absolute atomic E-state index is 0.204. The first-order valence-corrected chi connectivity index (χ1v) is 6.81. The minimum Gasteiger partial charge on any atom is -0.497 e. The van der Waals surface area contributed by atoms with Crippen LogP contribution in [0, 0.1) is 0 Å². The largest absolute Gasteiger partial charge is 0.497 e. The molecule has 0 aliphatic heterocycles. The van der Waals surface area contributed by atoms with Crippen molar-refractivity contribution in [1.29, 1.82) is 0 Å². The lowest BCUT2D eigenvalue weighted by Gasteiger charge is -2.34. The molecular weight excluding hydrogens is 258 g/mol. The molecule has 0 heterocycles. The maximum atomic E-state index is 12.2. The molecule has 0 radical (unpaired) electrons. The Bertz CT molecular complexity index is 463. The Morgan fingerprint density at radius 1 is 1.35 bits per heavy atom. The Morgan fingerprint density at radius 2 is 2.15 bits per heavy atom. The zero-order valence-corrected chi connectivity index (χ0v) is 11.8. The molecule has 1 aliphatic rings. The van der Waals surface area contributed by atoms with Gasteiger partial charge in [-0.1, -0.05) is 6.07 Å². The van der Waals surface area contributed by atoms with E-state index in [2.05, 4.69) is 5.32 Å². The van der Waals surface area contributed by atoms with E-state index in [0.29, 0.717) is 11.3 Å². The molecule has 0 saturated heterocycles. The third-order valence-corrected chi connectivity index (χ3v) is 3.75. The molecule has 110 valence electrons. The summed E-state index contributed by atoms with van der Waals surface area (Å²) in [4.78, 5) is 12.2. The molecule has 2 rings (SSSR count). The van der Waals surface area contributed by atoms with Gasteiger partial charge in [0.05, 0.1) is 19.3 Å². The summed E-state index contributed by atoms with van der Waals surface area (Å²) in [5.41, 5.74) is 0.524. The smallest absolute Gasteiger partial charge is 0.251 e. The van der Waals surface area contributed by atoms with Crippen LogP contribution in [0.1, 0.15) is 29.6 Å². The molecule has 1 saturated carbocycles. The van der Waals surface area contributed by atoms with Crippen molar-refractivity contribution in [3.63, 3.8) is 0 Å². The van der Waals surface area contributed by atoms with Crippen LogP contribution in [0.2, 0.25) is 0 Å². The first kappa shape index (κ1) is 14.8. The van der Waals surface area contributed by atoms with Gasteiger partial charge in [-0.2, -0.15) is 0 Å². The number of ether oxygens (including phenoxy) is 2. The Labute approximate surface area is 118 Å². The first-order chi connectivity index (χ1) is 9.65. The van der Waals surface area contributed by atoms with Gasteiger partial charge in [0.1, 0.15) is 11.9 Å². The van der Waals surface area contributed by atoms with Crippen molar-refractivity contribution in [3.05, 3.63) is 29.8 Å². The van der Waals surface area contributed by atoms with Gasteiger partial charge in [0.25, 0.3) is 5.91 Å². The molecule has 1 amide bonds. The fourth-order valence-corrected chi connectivity index (χ4v) is 2.57.